The first-order chi connectivity index (χ1) is 9.43. The number of hydrogen-bond acceptors (Lipinski definition) is 5. The Morgan fingerprint density at radius 2 is 2.10 bits per heavy atom. The van der Waals surface area contributed by atoms with Gasteiger partial charge in [-0.3, -0.25) is 14.9 Å². The highest BCUT2D eigenvalue weighted by molar-refractivity contribution is 5.96. The van der Waals surface area contributed by atoms with E-state index in [1.165, 1.54) is 11.6 Å². The first-order valence-corrected chi connectivity index (χ1v) is 6.11. The molecule has 0 bridgehead atoms. The molecule has 0 radical (unpaired) electrons. The fraction of sp³-hybridized carbons (Fsp3) is 0.308. The van der Waals surface area contributed by atoms with Crippen LogP contribution in [0.4, 0.5) is 11.4 Å². The SMILES string of the molecule is C[C@@H](O)CNc1c([N+](=O)[O-])c(=O)n(C)c2ccccc12. The number of nitro groups is 1. The normalized spacial score (nSPS) is 12.3. The van der Waals surface area contributed by atoms with E-state index in [-0.39, 0.29) is 12.2 Å². The molecule has 2 aromatic rings. The highest BCUT2D eigenvalue weighted by Gasteiger charge is 2.24. The van der Waals surface area contributed by atoms with Crippen LogP contribution < -0.4 is 10.9 Å². The minimum atomic E-state index is -0.695. The lowest BCUT2D eigenvalue weighted by Gasteiger charge is -2.13. The first kappa shape index (κ1) is 14.0. The standard InChI is InChI=1S/C13H15N3O4/c1-8(17)7-14-11-9-5-3-4-6-10(9)15(2)13(18)12(11)16(19)20/h3-6,8,14,17H,7H2,1-2H3/t8-/m1/s1. The van der Waals surface area contributed by atoms with Gasteiger partial charge in [-0.25, -0.2) is 0 Å². The van der Waals surface area contributed by atoms with E-state index in [4.69, 9.17) is 0 Å². The Morgan fingerprint density at radius 3 is 2.70 bits per heavy atom. The molecule has 0 saturated heterocycles. The summed E-state index contributed by atoms with van der Waals surface area (Å²) >= 11 is 0. The second-order valence-corrected chi connectivity index (χ2v) is 4.59. The van der Waals surface area contributed by atoms with Crippen molar-refractivity contribution in [3.63, 3.8) is 0 Å². The van der Waals surface area contributed by atoms with Gasteiger partial charge >= 0.3 is 11.2 Å². The smallest absolute Gasteiger partial charge is 0.357 e. The molecule has 7 nitrogen and oxygen atoms in total. The van der Waals surface area contributed by atoms with Crippen molar-refractivity contribution >= 4 is 22.3 Å². The number of nitrogens with zero attached hydrogens (tertiary/aromatic N) is 2. The number of para-hydroxylation sites is 1. The van der Waals surface area contributed by atoms with E-state index < -0.39 is 22.3 Å². The number of pyridine rings is 1. The summed E-state index contributed by atoms with van der Waals surface area (Å²) in [5, 5.41) is 23.9. The summed E-state index contributed by atoms with van der Waals surface area (Å²) in [4.78, 5) is 22.6. The molecule has 0 unspecified atom stereocenters. The van der Waals surface area contributed by atoms with Crippen LogP contribution in [0.3, 0.4) is 0 Å². The van der Waals surface area contributed by atoms with Crippen molar-refractivity contribution in [2.45, 2.75) is 13.0 Å². The number of nitrogens with one attached hydrogen (secondary N) is 1. The average Bonchev–Trinajstić information content (AvgIpc) is 2.40. The van der Waals surface area contributed by atoms with E-state index in [2.05, 4.69) is 5.32 Å². The molecule has 1 atom stereocenters. The molecule has 0 aliphatic rings. The number of fused-ring (bicyclic) bond motifs is 1. The van der Waals surface area contributed by atoms with Crippen molar-refractivity contribution in [3.8, 4) is 0 Å². The summed E-state index contributed by atoms with van der Waals surface area (Å²) in [6, 6.07) is 6.91. The largest absolute Gasteiger partial charge is 0.392 e. The summed E-state index contributed by atoms with van der Waals surface area (Å²) in [5.41, 5.74) is -0.445. The summed E-state index contributed by atoms with van der Waals surface area (Å²) in [7, 11) is 1.50. The third kappa shape index (κ3) is 2.35. The summed E-state index contributed by atoms with van der Waals surface area (Å²) < 4.78 is 1.25. The van der Waals surface area contributed by atoms with Gasteiger partial charge in [0.2, 0.25) is 0 Å². The van der Waals surface area contributed by atoms with Gasteiger partial charge in [0.05, 0.1) is 16.5 Å². The van der Waals surface area contributed by atoms with Crippen LogP contribution in [0.5, 0.6) is 0 Å². The zero-order chi connectivity index (χ0) is 14.9. The first-order valence-electron chi connectivity index (χ1n) is 6.11. The number of anilines is 1. The number of hydrogen-bond donors (Lipinski definition) is 2. The van der Waals surface area contributed by atoms with Gasteiger partial charge in [0.25, 0.3) is 0 Å². The predicted octanol–water partition coefficient (Wildman–Crippen LogP) is 1.24. The van der Waals surface area contributed by atoms with E-state index in [0.29, 0.717) is 10.9 Å². The summed E-state index contributed by atoms with van der Waals surface area (Å²) in [6.07, 6.45) is -0.683. The van der Waals surface area contributed by atoms with Gasteiger partial charge in [-0.15, -0.1) is 0 Å². The topological polar surface area (TPSA) is 97.4 Å². The van der Waals surface area contributed by atoms with Crippen molar-refractivity contribution in [2.75, 3.05) is 11.9 Å². The highest BCUT2D eigenvalue weighted by Crippen LogP contribution is 2.29. The number of aliphatic hydroxyl groups is 1. The lowest BCUT2D eigenvalue weighted by Crippen LogP contribution is -2.24. The van der Waals surface area contributed by atoms with Gasteiger partial charge in [-0.05, 0) is 13.0 Å². The highest BCUT2D eigenvalue weighted by atomic mass is 16.6. The summed E-state index contributed by atoms with van der Waals surface area (Å²) in [5.74, 6) is 0. The Balaban J connectivity index is 2.79. The molecule has 2 N–H and O–H groups in total. The van der Waals surface area contributed by atoms with Crippen molar-refractivity contribution in [1.29, 1.82) is 0 Å². The minimum Gasteiger partial charge on any atom is -0.392 e. The molecule has 0 aliphatic heterocycles. The van der Waals surface area contributed by atoms with E-state index >= 15 is 0 Å². The van der Waals surface area contributed by atoms with Crippen LogP contribution in [0.15, 0.2) is 29.1 Å². The van der Waals surface area contributed by atoms with Crippen LogP contribution in [-0.4, -0.2) is 27.2 Å². The molecule has 20 heavy (non-hydrogen) atoms. The van der Waals surface area contributed by atoms with Crippen LogP contribution >= 0.6 is 0 Å². The molecule has 1 aromatic heterocycles. The van der Waals surface area contributed by atoms with Crippen molar-refractivity contribution in [2.24, 2.45) is 7.05 Å². The minimum absolute atomic E-state index is 0.123. The summed E-state index contributed by atoms with van der Waals surface area (Å²) in [6.45, 7) is 1.68. The Bertz CT molecular complexity index is 721. The van der Waals surface area contributed by atoms with Crippen LogP contribution in [-0.2, 0) is 7.05 Å². The molecule has 0 saturated carbocycles. The third-order valence-electron chi connectivity index (χ3n) is 3.04. The van der Waals surface area contributed by atoms with Crippen molar-refractivity contribution in [3.05, 3.63) is 44.7 Å². The number of rotatable bonds is 4. The van der Waals surface area contributed by atoms with Gasteiger partial charge in [0, 0.05) is 19.0 Å². The monoisotopic (exact) mass is 277 g/mol. The molecule has 0 aliphatic carbocycles. The fourth-order valence-electron chi connectivity index (χ4n) is 2.08. The van der Waals surface area contributed by atoms with Gasteiger partial charge in [-0.2, -0.15) is 0 Å². The molecule has 106 valence electrons. The molecule has 0 amide bonds. The van der Waals surface area contributed by atoms with Gasteiger partial charge in [0.1, 0.15) is 5.69 Å². The number of aliphatic hydroxyl groups excluding tert-OH is 1. The van der Waals surface area contributed by atoms with Crippen LogP contribution in [0.25, 0.3) is 10.9 Å². The van der Waals surface area contributed by atoms with E-state index in [1.807, 2.05) is 0 Å². The second-order valence-electron chi connectivity index (χ2n) is 4.59. The number of aromatic nitrogens is 1. The Hall–Kier alpha value is -2.41. The predicted molar refractivity (Wildman–Crippen MR) is 76.0 cm³/mol. The van der Waals surface area contributed by atoms with E-state index in [0.717, 1.165) is 0 Å². The Morgan fingerprint density at radius 1 is 1.45 bits per heavy atom. The number of benzene rings is 1. The Kier molecular flexibility index (Phi) is 3.71. The van der Waals surface area contributed by atoms with Gasteiger partial charge < -0.3 is 15.0 Å². The van der Waals surface area contributed by atoms with Crippen LogP contribution in [0.2, 0.25) is 0 Å². The van der Waals surface area contributed by atoms with Crippen LogP contribution in [0, 0.1) is 10.1 Å². The zero-order valence-corrected chi connectivity index (χ0v) is 11.2. The van der Waals surface area contributed by atoms with Crippen molar-refractivity contribution in [1.82, 2.24) is 4.57 Å². The third-order valence-corrected chi connectivity index (χ3v) is 3.04. The maximum Gasteiger partial charge on any atom is 0.357 e. The quantitative estimate of drug-likeness (QED) is 0.647. The molecule has 0 spiro atoms. The lowest BCUT2D eigenvalue weighted by atomic mass is 10.1. The van der Waals surface area contributed by atoms with E-state index in [9.17, 15) is 20.0 Å². The molecule has 1 heterocycles. The molecular formula is C13H15N3O4. The maximum absolute atomic E-state index is 12.1. The van der Waals surface area contributed by atoms with Gasteiger partial charge in [-0.1, -0.05) is 18.2 Å². The molecule has 0 fully saturated rings. The number of aryl methyl sites for hydroxylation is 1. The second kappa shape index (κ2) is 5.30. The Labute approximate surface area is 114 Å². The van der Waals surface area contributed by atoms with E-state index in [1.54, 1.807) is 31.2 Å². The zero-order valence-electron chi connectivity index (χ0n) is 11.2. The van der Waals surface area contributed by atoms with Gasteiger partial charge in [0.15, 0.2) is 0 Å². The average molecular weight is 277 g/mol. The maximum atomic E-state index is 12.1. The molecule has 7 heteroatoms. The molecular weight excluding hydrogens is 262 g/mol. The van der Waals surface area contributed by atoms with Crippen LogP contribution in [0.1, 0.15) is 6.92 Å². The molecule has 1 aromatic carbocycles. The fourth-order valence-corrected chi connectivity index (χ4v) is 2.08. The molecule has 2 rings (SSSR count). The lowest BCUT2D eigenvalue weighted by molar-refractivity contribution is -0.385. The van der Waals surface area contributed by atoms with Crippen molar-refractivity contribution < 1.29 is 10.0 Å².